The molecule has 98 valence electrons. The summed E-state index contributed by atoms with van der Waals surface area (Å²) in [6.07, 6.45) is 4.41. The maximum Gasteiger partial charge on any atom is 0.159 e. The molecule has 0 radical (unpaired) electrons. The summed E-state index contributed by atoms with van der Waals surface area (Å²) in [5.41, 5.74) is -0.687. The topological polar surface area (TPSA) is 35.5 Å². The van der Waals surface area contributed by atoms with Gasteiger partial charge in [0.05, 0.1) is 14.2 Å². The Morgan fingerprint density at radius 2 is 2.11 bits per heavy atom. The number of fused-ring (bicyclic) bond motifs is 1. The standard InChI is InChI=1S/C15H20O3/c1-4-5-6-7-8-15-11(10-13(15)16)9-12(17-2)14(15)18-3/h11H,4-6,9-10H2,1-3H3/t11-,15-/m0/s1. The molecule has 0 unspecified atom stereocenters. The minimum Gasteiger partial charge on any atom is -0.498 e. The third-order valence-corrected chi connectivity index (χ3v) is 3.92. The van der Waals surface area contributed by atoms with Gasteiger partial charge >= 0.3 is 0 Å². The summed E-state index contributed by atoms with van der Waals surface area (Å²) in [6, 6.07) is 0. The SMILES string of the molecule is CCCCC#C[C@@]12C(=O)C[C@@H]1CC(OC)=C2OC. The maximum absolute atomic E-state index is 12.1. The second kappa shape index (κ2) is 5.06. The van der Waals surface area contributed by atoms with Crippen LogP contribution in [0.3, 0.4) is 0 Å². The number of hydrogen-bond acceptors (Lipinski definition) is 3. The average molecular weight is 248 g/mol. The van der Waals surface area contributed by atoms with Gasteiger partial charge in [0.25, 0.3) is 0 Å². The Morgan fingerprint density at radius 3 is 2.67 bits per heavy atom. The van der Waals surface area contributed by atoms with E-state index >= 15 is 0 Å². The van der Waals surface area contributed by atoms with Crippen molar-refractivity contribution in [1.82, 2.24) is 0 Å². The number of carbonyl (C=O) groups excluding carboxylic acids is 1. The average Bonchev–Trinajstić information content (AvgIpc) is 2.63. The molecule has 2 atom stereocenters. The van der Waals surface area contributed by atoms with E-state index in [0.717, 1.165) is 31.4 Å². The van der Waals surface area contributed by atoms with Crippen molar-refractivity contribution in [3.8, 4) is 11.8 Å². The molecule has 0 spiro atoms. The summed E-state index contributed by atoms with van der Waals surface area (Å²) < 4.78 is 10.7. The Bertz CT molecular complexity index is 438. The number of Topliss-reactive ketones (excluding diaryl/α,β-unsaturated/α-hetero) is 1. The molecule has 0 aliphatic heterocycles. The Balaban J connectivity index is 2.28. The number of hydrogen-bond donors (Lipinski definition) is 0. The smallest absolute Gasteiger partial charge is 0.159 e. The number of ketones is 1. The summed E-state index contributed by atoms with van der Waals surface area (Å²) >= 11 is 0. The third kappa shape index (κ3) is 1.71. The first-order valence-electron chi connectivity index (χ1n) is 6.55. The lowest BCUT2D eigenvalue weighted by Crippen LogP contribution is -2.47. The van der Waals surface area contributed by atoms with Crippen LogP contribution in [0.4, 0.5) is 0 Å². The van der Waals surface area contributed by atoms with E-state index in [-0.39, 0.29) is 11.7 Å². The normalized spacial score (nSPS) is 29.3. The van der Waals surface area contributed by atoms with Crippen molar-refractivity contribution in [2.45, 2.75) is 39.0 Å². The predicted octanol–water partition coefficient (Wildman–Crippen LogP) is 2.66. The third-order valence-electron chi connectivity index (χ3n) is 3.92. The van der Waals surface area contributed by atoms with Crippen molar-refractivity contribution in [1.29, 1.82) is 0 Å². The molecule has 0 N–H and O–H groups in total. The molecule has 0 bridgehead atoms. The van der Waals surface area contributed by atoms with Crippen LogP contribution in [-0.4, -0.2) is 20.0 Å². The number of carbonyl (C=O) groups is 1. The quantitative estimate of drug-likeness (QED) is 0.567. The van der Waals surface area contributed by atoms with E-state index in [2.05, 4.69) is 18.8 Å². The van der Waals surface area contributed by atoms with Gasteiger partial charge in [-0.2, -0.15) is 0 Å². The van der Waals surface area contributed by atoms with Gasteiger partial charge in [0.2, 0.25) is 0 Å². The van der Waals surface area contributed by atoms with Crippen molar-refractivity contribution in [3.63, 3.8) is 0 Å². The van der Waals surface area contributed by atoms with Crippen molar-refractivity contribution >= 4 is 5.78 Å². The molecule has 0 heterocycles. The van der Waals surface area contributed by atoms with Gasteiger partial charge in [0.1, 0.15) is 5.76 Å². The highest BCUT2D eigenvalue weighted by atomic mass is 16.5. The zero-order chi connectivity index (χ0) is 13.2. The summed E-state index contributed by atoms with van der Waals surface area (Å²) in [7, 11) is 3.22. The molecule has 0 saturated heterocycles. The Kier molecular flexibility index (Phi) is 3.65. The summed E-state index contributed by atoms with van der Waals surface area (Å²) in [5, 5.41) is 0. The minimum atomic E-state index is -0.687. The summed E-state index contributed by atoms with van der Waals surface area (Å²) in [5.74, 6) is 8.20. The molecule has 1 fully saturated rings. The molecular weight excluding hydrogens is 228 g/mol. The monoisotopic (exact) mass is 248 g/mol. The lowest BCUT2D eigenvalue weighted by Gasteiger charge is -2.39. The molecule has 18 heavy (non-hydrogen) atoms. The maximum atomic E-state index is 12.1. The number of unbranched alkanes of at least 4 members (excludes halogenated alkanes) is 2. The molecule has 0 aromatic heterocycles. The zero-order valence-corrected chi connectivity index (χ0v) is 11.3. The van der Waals surface area contributed by atoms with Gasteiger partial charge in [-0.05, 0) is 6.42 Å². The molecule has 1 saturated carbocycles. The Morgan fingerprint density at radius 1 is 1.33 bits per heavy atom. The lowest BCUT2D eigenvalue weighted by atomic mass is 9.60. The van der Waals surface area contributed by atoms with Crippen LogP contribution in [-0.2, 0) is 14.3 Å². The molecule has 3 nitrogen and oxygen atoms in total. The molecule has 0 aromatic carbocycles. The summed E-state index contributed by atoms with van der Waals surface area (Å²) in [4.78, 5) is 12.1. The van der Waals surface area contributed by atoms with Crippen LogP contribution in [0.25, 0.3) is 0 Å². The molecule has 2 aliphatic rings. The van der Waals surface area contributed by atoms with E-state index in [0.29, 0.717) is 12.2 Å². The fourth-order valence-electron chi connectivity index (χ4n) is 2.85. The van der Waals surface area contributed by atoms with E-state index in [9.17, 15) is 4.79 Å². The zero-order valence-electron chi connectivity index (χ0n) is 11.3. The lowest BCUT2D eigenvalue weighted by molar-refractivity contribution is -0.138. The van der Waals surface area contributed by atoms with E-state index in [1.54, 1.807) is 14.2 Å². The Labute approximate surface area is 109 Å². The van der Waals surface area contributed by atoms with Crippen LogP contribution < -0.4 is 0 Å². The van der Waals surface area contributed by atoms with Crippen molar-refractivity contribution in [2.75, 3.05) is 14.2 Å². The van der Waals surface area contributed by atoms with E-state index in [1.165, 1.54) is 0 Å². The Hall–Kier alpha value is -1.43. The first kappa shape index (κ1) is 13.0. The molecular formula is C15H20O3. The molecule has 3 heteroatoms. The number of ether oxygens (including phenoxy) is 2. The van der Waals surface area contributed by atoms with Gasteiger partial charge in [-0.3, -0.25) is 4.79 Å². The van der Waals surface area contributed by atoms with Crippen LogP contribution in [0.5, 0.6) is 0 Å². The van der Waals surface area contributed by atoms with Gasteiger partial charge in [-0.15, -0.1) is 5.92 Å². The van der Waals surface area contributed by atoms with Crippen molar-refractivity contribution in [2.24, 2.45) is 11.3 Å². The molecule has 0 amide bonds. The van der Waals surface area contributed by atoms with Gasteiger partial charge in [-0.25, -0.2) is 0 Å². The van der Waals surface area contributed by atoms with Crippen LogP contribution in [0.1, 0.15) is 39.0 Å². The fraction of sp³-hybridized carbons (Fsp3) is 0.667. The summed E-state index contributed by atoms with van der Waals surface area (Å²) in [6.45, 7) is 2.14. The highest BCUT2D eigenvalue weighted by molar-refractivity contribution is 5.98. The van der Waals surface area contributed by atoms with E-state index < -0.39 is 5.41 Å². The van der Waals surface area contributed by atoms with Gasteiger partial charge < -0.3 is 9.47 Å². The predicted molar refractivity (Wildman–Crippen MR) is 68.5 cm³/mol. The van der Waals surface area contributed by atoms with Crippen LogP contribution >= 0.6 is 0 Å². The van der Waals surface area contributed by atoms with E-state index in [4.69, 9.17) is 9.47 Å². The molecule has 2 aliphatic carbocycles. The first-order chi connectivity index (χ1) is 8.70. The minimum absolute atomic E-state index is 0.181. The van der Waals surface area contributed by atoms with Crippen LogP contribution in [0, 0.1) is 23.2 Å². The first-order valence-corrected chi connectivity index (χ1v) is 6.55. The highest BCUT2D eigenvalue weighted by Gasteiger charge is 2.62. The van der Waals surface area contributed by atoms with Crippen molar-refractivity contribution < 1.29 is 14.3 Å². The largest absolute Gasteiger partial charge is 0.498 e. The molecule has 0 aromatic rings. The number of rotatable bonds is 4. The highest BCUT2D eigenvalue weighted by Crippen LogP contribution is 2.57. The van der Waals surface area contributed by atoms with Crippen LogP contribution in [0.15, 0.2) is 11.5 Å². The van der Waals surface area contributed by atoms with Gasteiger partial charge in [-0.1, -0.05) is 19.3 Å². The number of methoxy groups -OCH3 is 2. The van der Waals surface area contributed by atoms with Crippen LogP contribution in [0.2, 0.25) is 0 Å². The second-order valence-corrected chi connectivity index (χ2v) is 4.90. The molecule has 2 rings (SSSR count). The van der Waals surface area contributed by atoms with Crippen molar-refractivity contribution in [3.05, 3.63) is 11.5 Å². The second-order valence-electron chi connectivity index (χ2n) is 4.90. The van der Waals surface area contributed by atoms with Gasteiger partial charge in [0, 0.05) is 25.2 Å². The van der Waals surface area contributed by atoms with Gasteiger partial charge in [0.15, 0.2) is 17.0 Å². The van der Waals surface area contributed by atoms with E-state index in [1.807, 2.05) is 0 Å². The fourth-order valence-corrected chi connectivity index (χ4v) is 2.85. The number of allylic oxidation sites excluding steroid dienone is 2.